The second kappa shape index (κ2) is 10.5. The van der Waals surface area contributed by atoms with E-state index in [-0.39, 0.29) is 29.5 Å². The SMILES string of the molecule is CCONC(=O)CN1CCC(CNC(=O)c2cc(CF)cc(C(F)(F)F)c2)CC1. The van der Waals surface area contributed by atoms with Gasteiger partial charge in [-0.15, -0.1) is 0 Å². The average Bonchev–Trinajstić information content (AvgIpc) is 2.70. The summed E-state index contributed by atoms with van der Waals surface area (Å²) in [6.45, 7) is 2.91. The molecule has 1 aromatic rings. The maximum absolute atomic E-state index is 12.9. The minimum atomic E-state index is -4.65. The van der Waals surface area contributed by atoms with E-state index in [2.05, 4.69) is 10.8 Å². The Morgan fingerprint density at radius 3 is 2.48 bits per heavy atom. The van der Waals surface area contributed by atoms with Gasteiger partial charge in [-0.1, -0.05) is 0 Å². The van der Waals surface area contributed by atoms with Gasteiger partial charge in [-0.2, -0.15) is 13.2 Å². The molecule has 0 unspecified atom stereocenters. The number of hydroxylamine groups is 1. The summed E-state index contributed by atoms with van der Waals surface area (Å²) >= 11 is 0. The molecular weight excluding hydrogens is 394 g/mol. The Bertz CT molecular complexity index is 704. The summed E-state index contributed by atoms with van der Waals surface area (Å²) in [7, 11) is 0. The molecule has 0 aliphatic carbocycles. The highest BCUT2D eigenvalue weighted by atomic mass is 19.4. The number of hydrogen-bond acceptors (Lipinski definition) is 4. The van der Waals surface area contributed by atoms with E-state index in [9.17, 15) is 27.2 Å². The van der Waals surface area contributed by atoms with Gasteiger partial charge in [0.15, 0.2) is 0 Å². The monoisotopic (exact) mass is 419 g/mol. The molecule has 162 valence electrons. The summed E-state index contributed by atoms with van der Waals surface area (Å²) in [6.07, 6.45) is -3.18. The van der Waals surface area contributed by atoms with E-state index in [1.807, 2.05) is 4.90 Å². The van der Waals surface area contributed by atoms with Crippen LogP contribution in [0.25, 0.3) is 0 Å². The van der Waals surface area contributed by atoms with Crippen LogP contribution in [0.3, 0.4) is 0 Å². The van der Waals surface area contributed by atoms with E-state index >= 15 is 0 Å². The number of nitrogens with one attached hydrogen (secondary N) is 2. The number of carbonyl (C=O) groups is 2. The van der Waals surface area contributed by atoms with E-state index in [1.165, 1.54) is 0 Å². The summed E-state index contributed by atoms with van der Waals surface area (Å²) in [5.74, 6) is -0.743. The van der Waals surface area contributed by atoms with Crippen LogP contribution in [0.1, 0.15) is 41.3 Å². The normalized spacial score (nSPS) is 15.9. The molecule has 1 aliphatic rings. The quantitative estimate of drug-likeness (QED) is 0.502. The Labute approximate surface area is 166 Å². The summed E-state index contributed by atoms with van der Waals surface area (Å²) in [4.78, 5) is 30.7. The van der Waals surface area contributed by atoms with Crippen LogP contribution in [0.5, 0.6) is 0 Å². The molecule has 0 aromatic heterocycles. The van der Waals surface area contributed by atoms with Gasteiger partial charge in [0.25, 0.3) is 11.8 Å². The van der Waals surface area contributed by atoms with Crippen LogP contribution in [-0.2, 0) is 22.5 Å². The molecule has 29 heavy (non-hydrogen) atoms. The van der Waals surface area contributed by atoms with E-state index in [4.69, 9.17) is 4.84 Å². The van der Waals surface area contributed by atoms with Crippen molar-refractivity contribution in [2.24, 2.45) is 5.92 Å². The van der Waals surface area contributed by atoms with E-state index < -0.39 is 24.3 Å². The first-order chi connectivity index (χ1) is 13.7. The Morgan fingerprint density at radius 2 is 1.90 bits per heavy atom. The number of alkyl halides is 4. The highest BCUT2D eigenvalue weighted by Crippen LogP contribution is 2.31. The Balaban J connectivity index is 1.84. The van der Waals surface area contributed by atoms with Crippen molar-refractivity contribution in [3.05, 3.63) is 34.9 Å². The number of piperidine rings is 1. The number of nitrogens with zero attached hydrogens (tertiary/aromatic N) is 1. The fourth-order valence-corrected chi connectivity index (χ4v) is 3.14. The van der Waals surface area contributed by atoms with Crippen LogP contribution in [0.2, 0.25) is 0 Å². The maximum atomic E-state index is 12.9. The third kappa shape index (κ3) is 7.28. The van der Waals surface area contributed by atoms with Gasteiger partial charge in [-0.3, -0.25) is 19.3 Å². The Morgan fingerprint density at radius 1 is 1.21 bits per heavy atom. The molecule has 0 atom stereocenters. The van der Waals surface area contributed by atoms with Crippen LogP contribution >= 0.6 is 0 Å². The molecule has 1 saturated heterocycles. The zero-order valence-corrected chi connectivity index (χ0v) is 16.2. The van der Waals surface area contributed by atoms with E-state index in [1.54, 1.807) is 6.92 Å². The van der Waals surface area contributed by atoms with Crippen LogP contribution < -0.4 is 10.8 Å². The van der Waals surface area contributed by atoms with Crippen molar-refractivity contribution < 1.29 is 32.0 Å². The van der Waals surface area contributed by atoms with Gasteiger partial charge in [-0.25, -0.2) is 9.87 Å². The second-order valence-electron chi connectivity index (χ2n) is 6.94. The van der Waals surface area contributed by atoms with Gasteiger partial charge in [0.1, 0.15) is 6.67 Å². The maximum Gasteiger partial charge on any atom is 0.416 e. The number of amides is 2. The van der Waals surface area contributed by atoms with Gasteiger partial charge in [0, 0.05) is 12.1 Å². The molecule has 2 rings (SSSR count). The summed E-state index contributed by atoms with van der Waals surface area (Å²) in [5.41, 5.74) is 0.882. The summed E-state index contributed by atoms with van der Waals surface area (Å²) in [6, 6.07) is 2.56. The molecular formula is C19H25F4N3O3. The van der Waals surface area contributed by atoms with E-state index in [0.29, 0.717) is 32.3 Å². The van der Waals surface area contributed by atoms with Crippen molar-refractivity contribution in [3.8, 4) is 0 Å². The molecule has 1 fully saturated rings. The standard InChI is InChI=1S/C19H25F4N3O3/c1-2-29-25-17(27)12-26-5-3-13(4-6-26)11-24-18(28)15-7-14(10-20)8-16(9-15)19(21,22)23/h7-9,13H,2-6,10-12H2,1H3,(H,24,28)(H,25,27). The van der Waals surface area contributed by atoms with Crippen LogP contribution in [0, 0.1) is 5.92 Å². The minimum Gasteiger partial charge on any atom is -0.352 e. The van der Waals surface area contributed by atoms with Crippen molar-refractivity contribution in [2.75, 3.05) is 32.8 Å². The molecule has 0 saturated carbocycles. The molecule has 10 heteroatoms. The molecule has 6 nitrogen and oxygen atoms in total. The number of likely N-dealkylation sites (tertiary alicyclic amines) is 1. The molecule has 1 aromatic carbocycles. The number of benzene rings is 1. The van der Waals surface area contributed by atoms with Crippen molar-refractivity contribution >= 4 is 11.8 Å². The van der Waals surface area contributed by atoms with Crippen molar-refractivity contribution in [2.45, 2.75) is 32.6 Å². The van der Waals surface area contributed by atoms with E-state index in [0.717, 1.165) is 25.0 Å². The zero-order valence-electron chi connectivity index (χ0n) is 16.2. The lowest BCUT2D eigenvalue weighted by atomic mass is 9.96. The molecule has 0 bridgehead atoms. The average molecular weight is 419 g/mol. The Hall–Kier alpha value is -2.20. The number of halogens is 4. The first-order valence-corrected chi connectivity index (χ1v) is 9.41. The molecule has 0 radical (unpaired) electrons. The van der Waals surface area contributed by atoms with Crippen LogP contribution in [0.15, 0.2) is 18.2 Å². The predicted octanol–water partition coefficient (Wildman–Crippen LogP) is 2.68. The lowest BCUT2D eigenvalue weighted by Gasteiger charge is -2.31. The first-order valence-electron chi connectivity index (χ1n) is 9.41. The molecule has 2 amide bonds. The minimum absolute atomic E-state index is 0.150. The third-order valence-electron chi connectivity index (χ3n) is 4.69. The Kier molecular flexibility index (Phi) is 8.39. The van der Waals surface area contributed by atoms with Crippen LogP contribution in [-0.4, -0.2) is 49.5 Å². The fourth-order valence-electron chi connectivity index (χ4n) is 3.14. The molecule has 1 heterocycles. The lowest BCUT2D eigenvalue weighted by molar-refractivity contribution is -0.137. The van der Waals surface area contributed by atoms with Crippen molar-refractivity contribution in [1.29, 1.82) is 0 Å². The van der Waals surface area contributed by atoms with Gasteiger partial charge < -0.3 is 5.32 Å². The van der Waals surface area contributed by atoms with Crippen LogP contribution in [0.4, 0.5) is 17.6 Å². The van der Waals surface area contributed by atoms with Crippen molar-refractivity contribution in [3.63, 3.8) is 0 Å². The topological polar surface area (TPSA) is 70.7 Å². The van der Waals surface area contributed by atoms with Gasteiger partial charge >= 0.3 is 6.18 Å². The zero-order chi connectivity index (χ0) is 21.4. The molecule has 1 aliphatic heterocycles. The fraction of sp³-hybridized carbons (Fsp3) is 0.579. The highest BCUT2D eigenvalue weighted by Gasteiger charge is 2.32. The predicted molar refractivity (Wildman–Crippen MR) is 97.5 cm³/mol. The lowest BCUT2D eigenvalue weighted by Crippen LogP contribution is -2.43. The molecule has 0 spiro atoms. The largest absolute Gasteiger partial charge is 0.416 e. The number of carbonyl (C=O) groups excluding carboxylic acids is 2. The van der Waals surface area contributed by atoms with Gasteiger partial charge in [0.05, 0.1) is 18.7 Å². The first kappa shape index (κ1) is 23.1. The second-order valence-corrected chi connectivity index (χ2v) is 6.94. The van der Waals surface area contributed by atoms with Crippen molar-refractivity contribution in [1.82, 2.24) is 15.7 Å². The summed E-state index contributed by atoms with van der Waals surface area (Å²) < 4.78 is 51.6. The number of rotatable bonds is 8. The molecule has 2 N–H and O–H groups in total. The third-order valence-corrected chi connectivity index (χ3v) is 4.69. The smallest absolute Gasteiger partial charge is 0.352 e. The summed E-state index contributed by atoms with van der Waals surface area (Å²) in [5, 5.41) is 2.64. The van der Waals surface area contributed by atoms with Gasteiger partial charge in [-0.05, 0) is 62.5 Å². The number of hydrogen-bond donors (Lipinski definition) is 2. The highest BCUT2D eigenvalue weighted by molar-refractivity contribution is 5.94. The van der Waals surface area contributed by atoms with Gasteiger partial charge in [0.2, 0.25) is 0 Å².